The Hall–Kier alpha value is -6.32. The minimum absolute atomic E-state index is 0.0630. The fraction of sp³-hybridized carbons (Fsp3) is 0.0222. The Morgan fingerprint density at radius 2 is 1.15 bits per heavy atom. The Morgan fingerprint density at radius 1 is 0.521 bits per heavy atom. The van der Waals surface area contributed by atoms with E-state index in [9.17, 15) is 0 Å². The monoisotopic (exact) mass is 614 g/mol. The molecule has 48 heavy (non-hydrogen) atoms. The van der Waals surface area contributed by atoms with Crippen molar-refractivity contribution in [2.45, 2.75) is 6.04 Å². The third-order valence-electron chi connectivity index (χ3n) is 9.81. The highest BCUT2D eigenvalue weighted by Gasteiger charge is 2.23. The largest absolute Gasteiger partial charge is 0.454 e. The van der Waals surface area contributed by atoms with Crippen LogP contribution >= 0.6 is 0 Å². The maximum atomic E-state index is 6.75. The summed E-state index contributed by atoms with van der Waals surface area (Å²) in [7, 11) is 0. The van der Waals surface area contributed by atoms with Gasteiger partial charge >= 0.3 is 0 Å². The summed E-state index contributed by atoms with van der Waals surface area (Å²) in [6.45, 7) is 0. The molecular formula is C45H30N2O. The van der Waals surface area contributed by atoms with Crippen LogP contribution in [0.5, 0.6) is 0 Å². The molecule has 0 radical (unpaired) electrons. The van der Waals surface area contributed by atoms with E-state index in [0.717, 1.165) is 39.0 Å². The SMILES string of the molecule is C1=C(c2ccc(-n3c4ccccc4c4c5ccccc5c5c6ccccc6oc5c43)cc2)C=C(c2ccccc2)NC1c1ccccc1. The van der Waals surface area contributed by atoms with Crippen molar-refractivity contribution in [2.24, 2.45) is 0 Å². The van der Waals surface area contributed by atoms with Crippen LogP contribution in [-0.4, -0.2) is 4.57 Å². The average Bonchev–Trinajstić information content (AvgIpc) is 3.73. The number of hydrogen-bond acceptors (Lipinski definition) is 2. The zero-order chi connectivity index (χ0) is 31.6. The van der Waals surface area contributed by atoms with E-state index in [1.165, 1.54) is 49.2 Å². The highest BCUT2D eigenvalue weighted by Crippen LogP contribution is 2.45. The van der Waals surface area contributed by atoms with Crippen LogP contribution in [0.25, 0.3) is 71.5 Å². The molecule has 0 saturated carbocycles. The number of fused-ring (bicyclic) bond motifs is 10. The van der Waals surface area contributed by atoms with Crippen molar-refractivity contribution in [3.8, 4) is 5.69 Å². The Labute approximate surface area is 277 Å². The third-order valence-corrected chi connectivity index (χ3v) is 9.81. The van der Waals surface area contributed by atoms with Crippen LogP contribution < -0.4 is 5.32 Å². The number of hydrogen-bond donors (Lipinski definition) is 1. The van der Waals surface area contributed by atoms with Gasteiger partial charge in [-0.05, 0) is 69.5 Å². The van der Waals surface area contributed by atoms with Crippen LogP contribution in [0.15, 0.2) is 174 Å². The van der Waals surface area contributed by atoms with Crippen molar-refractivity contribution in [3.05, 3.63) is 187 Å². The van der Waals surface area contributed by atoms with E-state index < -0.39 is 0 Å². The van der Waals surface area contributed by atoms with Crippen LogP contribution in [0.4, 0.5) is 0 Å². The van der Waals surface area contributed by atoms with Crippen LogP contribution in [0, 0.1) is 0 Å². The molecule has 0 saturated heterocycles. The molecule has 9 aromatic rings. The van der Waals surface area contributed by atoms with Crippen LogP contribution in [-0.2, 0) is 0 Å². The smallest absolute Gasteiger partial charge is 0.160 e. The van der Waals surface area contributed by atoms with Gasteiger partial charge in [0.1, 0.15) is 5.58 Å². The number of nitrogens with one attached hydrogen (secondary N) is 1. The standard InChI is InChI=1S/C45H30N2O/c1-3-13-30(14-4-1)38-27-32(28-39(46-38)31-15-5-2-6-16-31)29-23-25-33(26-24-29)47-40-21-11-9-19-36(40)42-34-17-7-8-18-35(34)43-37-20-10-12-22-41(37)48-45(43)44(42)47/h1-28,38,46H. The molecule has 0 bridgehead atoms. The van der Waals surface area contributed by atoms with E-state index in [1.54, 1.807) is 0 Å². The number of allylic oxidation sites excluding steroid dienone is 2. The lowest BCUT2D eigenvalue weighted by atomic mass is 9.93. The highest BCUT2D eigenvalue weighted by molar-refractivity contribution is 6.35. The second-order valence-electron chi connectivity index (χ2n) is 12.5. The van der Waals surface area contributed by atoms with Gasteiger partial charge in [0.2, 0.25) is 0 Å². The molecule has 1 N–H and O–H groups in total. The third kappa shape index (κ3) is 4.08. The normalized spacial score (nSPS) is 14.9. The molecule has 0 aliphatic carbocycles. The lowest BCUT2D eigenvalue weighted by Crippen LogP contribution is -2.21. The van der Waals surface area contributed by atoms with Crippen molar-refractivity contribution in [1.82, 2.24) is 9.88 Å². The number of furan rings is 1. The number of dihydropyridines is 1. The van der Waals surface area contributed by atoms with Gasteiger partial charge in [0.05, 0.1) is 17.1 Å². The number of nitrogens with zero attached hydrogens (tertiary/aromatic N) is 1. The zero-order valence-corrected chi connectivity index (χ0v) is 26.1. The fourth-order valence-corrected chi connectivity index (χ4v) is 7.64. The molecule has 7 aromatic carbocycles. The number of benzene rings is 7. The summed E-state index contributed by atoms with van der Waals surface area (Å²) < 4.78 is 9.14. The van der Waals surface area contributed by atoms with Crippen LogP contribution in [0.3, 0.4) is 0 Å². The van der Waals surface area contributed by atoms with Gasteiger partial charge in [0.15, 0.2) is 5.58 Å². The molecule has 0 fully saturated rings. The summed E-state index contributed by atoms with van der Waals surface area (Å²) in [6, 6.07) is 56.2. The summed E-state index contributed by atoms with van der Waals surface area (Å²) in [5.74, 6) is 0. The van der Waals surface area contributed by atoms with E-state index in [0.29, 0.717) is 0 Å². The van der Waals surface area contributed by atoms with Gasteiger partial charge < -0.3 is 14.3 Å². The predicted octanol–water partition coefficient (Wildman–Crippen LogP) is 11.6. The molecule has 2 aromatic heterocycles. The van der Waals surface area contributed by atoms with E-state index in [-0.39, 0.29) is 6.04 Å². The Bertz CT molecular complexity index is 2730. The lowest BCUT2D eigenvalue weighted by Gasteiger charge is -2.25. The average molecular weight is 615 g/mol. The molecule has 1 unspecified atom stereocenters. The summed E-state index contributed by atoms with van der Waals surface area (Å²) in [4.78, 5) is 0. The molecule has 3 nitrogen and oxygen atoms in total. The van der Waals surface area contributed by atoms with E-state index in [2.05, 4.69) is 174 Å². The van der Waals surface area contributed by atoms with Gasteiger partial charge in [-0.3, -0.25) is 0 Å². The highest BCUT2D eigenvalue weighted by atomic mass is 16.3. The van der Waals surface area contributed by atoms with Crippen molar-refractivity contribution in [2.75, 3.05) is 0 Å². The van der Waals surface area contributed by atoms with Crippen molar-refractivity contribution >= 4 is 65.8 Å². The number of aromatic nitrogens is 1. The lowest BCUT2D eigenvalue weighted by molar-refractivity contribution is 0.671. The molecule has 1 atom stereocenters. The van der Waals surface area contributed by atoms with Crippen molar-refractivity contribution in [1.29, 1.82) is 0 Å². The van der Waals surface area contributed by atoms with Crippen LogP contribution in [0.1, 0.15) is 22.7 Å². The molecule has 3 heterocycles. The maximum Gasteiger partial charge on any atom is 0.160 e. The second kappa shape index (κ2) is 10.6. The predicted molar refractivity (Wildman–Crippen MR) is 200 cm³/mol. The maximum absolute atomic E-state index is 6.75. The fourth-order valence-electron chi connectivity index (χ4n) is 7.64. The van der Waals surface area contributed by atoms with E-state index in [1.807, 2.05) is 6.07 Å². The Kier molecular flexibility index (Phi) is 5.94. The first kappa shape index (κ1) is 26.9. The molecule has 1 aliphatic heterocycles. The molecule has 0 spiro atoms. The zero-order valence-electron chi connectivity index (χ0n) is 26.1. The Balaban J connectivity index is 1.19. The molecule has 0 amide bonds. The van der Waals surface area contributed by atoms with Gasteiger partial charge in [-0.25, -0.2) is 0 Å². The molecule has 1 aliphatic rings. The van der Waals surface area contributed by atoms with E-state index >= 15 is 0 Å². The van der Waals surface area contributed by atoms with Gasteiger partial charge in [0.25, 0.3) is 0 Å². The van der Waals surface area contributed by atoms with Crippen molar-refractivity contribution < 1.29 is 4.42 Å². The molecule has 226 valence electrons. The molecule has 10 rings (SSSR count). The van der Waals surface area contributed by atoms with Gasteiger partial charge in [0, 0.05) is 32.9 Å². The van der Waals surface area contributed by atoms with Gasteiger partial charge in [-0.1, -0.05) is 133 Å². The molecular weight excluding hydrogens is 585 g/mol. The van der Waals surface area contributed by atoms with Gasteiger partial charge in [-0.15, -0.1) is 0 Å². The minimum Gasteiger partial charge on any atom is -0.454 e. The van der Waals surface area contributed by atoms with E-state index in [4.69, 9.17) is 4.42 Å². The Morgan fingerprint density at radius 3 is 1.92 bits per heavy atom. The minimum atomic E-state index is 0.0630. The summed E-state index contributed by atoms with van der Waals surface area (Å²) in [5, 5.41) is 11.0. The first-order valence-electron chi connectivity index (χ1n) is 16.5. The number of rotatable bonds is 4. The first-order valence-corrected chi connectivity index (χ1v) is 16.5. The first-order chi connectivity index (χ1) is 23.8. The number of para-hydroxylation sites is 2. The molecule has 3 heteroatoms. The summed E-state index contributed by atoms with van der Waals surface area (Å²) in [6.07, 6.45) is 4.61. The van der Waals surface area contributed by atoms with Gasteiger partial charge in [-0.2, -0.15) is 0 Å². The van der Waals surface area contributed by atoms with Crippen molar-refractivity contribution in [3.63, 3.8) is 0 Å². The second-order valence-corrected chi connectivity index (χ2v) is 12.5. The van der Waals surface area contributed by atoms with Crippen LogP contribution in [0.2, 0.25) is 0 Å². The summed E-state index contributed by atoms with van der Waals surface area (Å²) >= 11 is 0. The topological polar surface area (TPSA) is 30.1 Å². The summed E-state index contributed by atoms with van der Waals surface area (Å²) in [5.41, 5.74) is 11.1. The quantitative estimate of drug-likeness (QED) is 0.214.